The van der Waals surface area contributed by atoms with Crippen molar-refractivity contribution in [3.05, 3.63) is 30.6 Å². The van der Waals surface area contributed by atoms with Crippen molar-refractivity contribution in [2.75, 3.05) is 6.61 Å². The highest BCUT2D eigenvalue weighted by Gasteiger charge is 2.04. The van der Waals surface area contributed by atoms with Crippen LogP contribution in [0.15, 0.2) is 30.6 Å². The first-order valence-electron chi connectivity index (χ1n) is 11.4. The van der Waals surface area contributed by atoms with Gasteiger partial charge in [-0.3, -0.25) is 4.79 Å². The van der Waals surface area contributed by atoms with E-state index < -0.39 is 0 Å². The minimum atomic E-state index is -0.0314. The van der Waals surface area contributed by atoms with Crippen LogP contribution in [0.2, 0.25) is 0 Å². The molecule has 0 aromatic carbocycles. The molecule has 3 heteroatoms. The van der Waals surface area contributed by atoms with E-state index in [1.807, 2.05) is 30.6 Å². The highest BCUT2D eigenvalue weighted by molar-refractivity contribution is 5.69. The molecule has 1 heterocycles. The molecule has 0 unspecified atom stereocenters. The molecule has 0 radical (unpaired) electrons. The summed E-state index contributed by atoms with van der Waals surface area (Å²) in [6.07, 6.45) is 22.8. The van der Waals surface area contributed by atoms with Gasteiger partial charge in [0.2, 0.25) is 0 Å². The van der Waals surface area contributed by atoms with Crippen molar-refractivity contribution in [1.29, 1.82) is 0 Å². The van der Waals surface area contributed by atoms with Gasteiger partial charge in [0, 0.05) is 25.0 Å². The maximum atomic E-state index is 11.7. The molecule has 0 saturated heterocycles. The maximum Gasteiger partial charge on any atom is 0.305 e. The lowest BCUT2D eigenvalue weighted by molar-refractivity contribution is -0.697. The van der Waals surface area contributed by atoms with Gasteiger partial charge in [0.1, 0.15) is 0 Å². The highest BCUT2D eigenvalue weighted by atomic mass is 16.5. The summed E-state index contributed by atoms with van der Waals surface area (Å²) in [5, 5.41) is 0. The van der Waals surface area contributed by atoms with E-state index in [1.54, 1.807) is 0 Å². The van der Waals surface area contributed by atoms with Crippen molar-refractivity contribution in [2.45, 2.75) is 110 Å². The summed E-state index contributed by atoms with van der Waals surface area (Å²) in [4.78, 5) is 11.7. The number of esters is 1. The first-order chi connectivity index (χ1) is 13.3. The average Bonchev–Trinajstić information content (AvgIpc) is 2.69. The molecule has 1 aromatic heterocycles. The lowest BCUT2D eigenvalue weighted by atomic mass is 10.0. The van der Waals surface area contributed by atoms with Crippen molar-refractivity contribution in [2.24, 2.45) is 0 Å². The molecule has 0 fully saturated rings. The molecule has 1 rings (SSSR count). The number of carbonyl (C=O) groups excluding carboxylic acids is 1. The van der Waals surface area contributed by atoms with Crippen LogP contribution in [0.5, 0.6) is 0 Å². The Hall–Kier alpha value is -1.38. The fourth-order valence-electron chi connectivity index (χ4n) is 3.38. The smallest absolute Gasteiger partial charge is 0.305 e. The number of nitrogens with zero attached hydrogens (tertiary/aromatic N) is 1. The minimum Gasteiger partial charge on any atom is -0.465 e. The van der Waals surface area contributed by atoms with Gasteiger partial charge >= 0.3 is 5.97 Å². The van der Waals surface area contributed by atoms with E-state index in [2.05, 4.69) is 11.5 Å². The zero-order valence-corrected chi connectivity index (χ0v) is 17.7. The molecule has 3 nitrogen and oxygen atoms in total. The molecule has 0 aliphatic carbocycles. The predicted octanol–water partition coefficient (Wildman–Crippen LogP) is 6.39. The highest BCUT2D eigenvalue weighted by Crippen LogP contribution is 2.13. The second-order valence-corrected chi connectivity index (χ2v) is 7.68. The Labute approximate surface area is 167 Å². The zero-order chi connectivity index (χ0) is 19.4. The third kappa shape index (κ3) is 15.4. The molecular weight excluding hydrogens is 334 g/mol. The first kappa shape index (κ1) is 23.7. The fourth-order valence-corrected chi connectivity index (χ4v) is 3.38. The van der Waals surface area contributed by atoms with Crippen LogP contribution < -0.4 is 4.57 Å². The maximum absolute atomic E-state index is 11.7. The molecule has 0 N–H and O–H groups in total. The van der Waals surface area contributed by atoms with Crippen LogP contribution in [-0.2, 0) is 16.1 Å². The summed E-state index contributed by atoms with van der Waals surface area (Å²) in [5.74, 6) is -0.0314. The van der Waals surface area contributed by atoms with Gasteiger partial charge in [-0.05, 0) is 6.42 Å². The van der Waals surface area contributed by atoms with Crippen LogP contribution in [0.25, 0.3) is 0 Å². The number of carbonyl (C=O) groups is 1. The predicted molar refractivity (Wildman–Crippen MR) is 113 cm³/mol. The lowest BCUT2D eigenvalue weighted by Gasteiger charge is -2.04. The van der Waals surface area contributed by atoms with Crippen molar-refractivity contribution < 1.29 is 14.1 Å². The van der Waals surface area contributed by atoms with E-state index in [4.69, 9.17) is 4.74 Å². The third-order valence-corrected chi connectivity index (χ3v) is 5.09. The molecule has 0 atom stereocenters. The van der Waals surface area contributed by atoms with Crippen molar-refractivity contribution in [3.63, 3.8) is 0 Å². The molecule has 0 bridgehead atoms. The molecule has 1 aromatic rings. The minimum absolute atomic E-state index is 0.0314. The topological polar surface area (TPSA) is 30.2 Å². The van der Waals surface area contributed by atoms with Crippen LogP contribution in [0.4, 0.5) is 0 Å². The summed E-state index contributed by atoms with van der Waals surface area (Å²) >= 11 is 0. The van der Waals surface area contributed by atoms with E-state index >= 15 is 0 Å². The third-order valence-electron chi connectivity index (χ3n) is 5.09. The Morgan fingerprint density at radius 2 is 1.22 bits per heavy atom. The molecule has 0 saturated carbocycles. The number of hydrogen-bond acceptors (Lipinski definition) is 2. The van der Waals surface area contributed by atoms with Crippen molar-refractivity contribution in [3.8, 4) is 0 Å². The molecule has 154 valence electrons. The van der Waals surface area contributed by atoms with E-state index in [-0.39, 0.29) is 5.97 Å². The fraction of sp³-hybridized carbons (Fsp3) is 0.750. The second kappa shape index (κ2) is 18.0. The molecular formula is C24H42NO2+. The number of pyridine rings is 1. The Morgan fingerprint density at radius 3 is 1.78 bits per heavy atom. The second-order valence-electron chi connectivity index (χ2n) is 7.68. The molecule has 0 aliphatic rings. The number of ether oxygens (including phenoxy) is 1. The number of aryl methyl sites for hydroxylation is 1. The van der Waals surface area contributed by atoms with Crippen LogP contribution in [0.1, 0.15) is 103 Å². The molecule has 27 heavy (non-hydrogen) atoms. The van der Waals surface area contributed by atoms with Crippen LogP contribution in [0.3, 0.4) is 0 Å². The quantitative estimate of drug-likeness (QED) is 0.169. The number of rotatable bonds is 18. The summed E-state index contributed by atoms with van der Waals surface area (Å²) < 4.78 is 7.43. The van der Waals surface area contributed by atoms with Crippen molar-refractivity contribution in [1.82, 2.24) is 0 Å². The van der Waals surface area contributed by atoms with Gasteiger partial charge < -0.3 is 4.74 Å². The standard InChI is InChI=1S/C24H42NO2/c1-2-3-4-5-6-7-8-9-10-11-12-13-15-19-24(26)27-23-18-22-25-20-16-14-17-21-25/h14,16-17,20-21H,2-13,15,18-19,22-23H2,1H3/q+1. The SMILES string of the molecule is CCCCCCCCCCCCCCCC(=O)OCCC[n+]1ccccc1. The van der Waals surface area contributed by atoms with Crippen LogP contribution in [0, 0.1) is 0 Å². The molecule has 0 aliphatic heterocycles. The van der Waals surface area contributed by atoms with Gasteiger partial charge in [0.15, 0.2) is 18.9 Å². The summed E-state index contributed by atoms with van der Waals surface area (Å²) in [7, 11) is 0. The van der Waals surface area contributed by atoms with Crippen LogP contribution in [-0.4, -0.2) is 12.6 Å². The van der Waals surface area contributed by atoms with E-state index in [0.29, 0.717) is 13.0 Å². The Bertz CT molecular complexity index is 447. The van der Waals surface area contributed by atoms with Gasteiger partial charge in [-0.1, -0.05) is 90.0 Å². The summed E-state index contributed by atoms with van der Waals surface area (Å²) in [6.45, 7) is 3.70. The Kier molecular flexibility index (Phi) is 15.8. The largest absolute Gasteiger partial charge is 0.465 e. The van der Waals surface area contributed by atoms with E-state index in [9.17, 15) is 4.79 Å². The normalized spacial score (nSPS) is 10.9. The summed E-state index contributed by atoms with van der Waals surface area (Å²) in [6, 6.07) is 6.04. The Morgan fingerprint density at radius 1 is 0.704 bits per heavy atom. The molecule has 0 amide bonds. The van der Waals surface area contributed by atoms with Crippen LogP contribution >= 0.6 is 0 Å². The first-order valence-corrected chi connectivity index (χ1v) is 11.4. The van der Waals surface area contributed by atoms with Gasteiger partial charge in [-0.25, -0.2) is 4.57 Å². The summed E-state index contributed by atoms with van der Waals surface area (Å²) in [5.41, 5.74) is 0. The van der Waals surface area contributed by atoms with Gasteiger partial charge in [-0.15, -0.1) is 0 Å². The number of hydrogen-bond donors (Lipinski definition) is 0. The monoisotopic (exact) mass is 376 g/mol. The number of aromatic nitrogens is 1. The molecule has 0 spiro atoms. The van der Waals surface area contributed by atoms with Crippen molar-refractivity contribution >= 4 is 5.97 Å². The van der Waals surface area contributed by atoms with Gasteiger partial charge in [0.25, 0.3) is 0 Å². The van der Waals surface area contributed by atoms with Gasteiger partial charge in [-0.2, -0.15) is 0 Å². The van der Waals surface area contributed by atoms with E-state index in [1.165, 1.54) is 70.6 Å². The zero-order valence-electron chi connectivity index (χ0n) is 17.7. The lowest BCUT2D eigenvalue weighted by Crippen LogP contribution is -2.32. The average molecular weight is 377 g/mol. The Balaban J connectivity index is 1.78. The van der Waals surface area contributed by atoms with E-state index in [0.717, 1.165) is 25.8 Å². The van der Waals surface area contributed by atoms with Gasteiger partial charge in [0.05, 0.1) is 6.61 Å². The number of unbranched alkanes of at least 4 members (excludes halogenated alkanes) is 12.